The highest BCUT2D eigenvalue weighted by molar-refractivity contribution is 14.0. The van der Waals surface area contributed by atoms with Gasteiger partial charge < -0.3 is 10.6 Å². The third-order valence-electron chi connectivity index (χ3n) is 3.73. The van der Waals surface area contributed by atoms with Crippen LogP contribution in [0.15, 0.2) is 41.8 Å². The Morgan fingerprint density at radius 2 is 2.08 bits per heavy atom. The molecule has 6 nitrogen and oxygen atoms in total. The summed E-state index contributed by atoms with van der Waals surface area (Å²) in [7, 11) is 1.80. The predicted octanol–water partition coefficient (Wildman–Crippen LogP) is 3.38. The summed E-state index contributed by atoms with van der Waals surface area (Å²) in [6, 6.07) is 5.91. The topological polar surface area (TPSA) is 67.1 Å². The van der Waals surface area contributed by atoms with Gasteiger partial charge in [-0.2, -0.15) is 5.10 Å². The van der Waals surface area contributed by atoms with Gasteiger partial charge in [-0.3, -0.25) is 4.99 Å². The van der Waals surface area contributed by atoms with E-state index < -0.39 is 0 Å². The van der Waals surface area contributed by atoms with Gasteiger partial charge in [-0.1, -0.05) is 26.7 Å². The van der Waals surface area contributed by atoms with E-state index in [-0.39, 0.29) is 24.0 Å². The van der Waals surface area contributed by atoms with Crippen molar-refractivity contribution in [3.05, 3.63) is 42.4 Å². The molecule has 0 saturated carbocycles. The van der Waals surface area contributed by atoms with Crippen LogP contribution in [-0.4, -0.2) is 34.3 Å². The van der Waals surface area contributed by atoms with Crippen LogP contribution in [-0.2, 0) is 6.54 Å². The van der Waals surface area contributed by atoms with Crippen LogP contribution < -0.4 is 10.6 Å². The van der Waals surface area contributed by atoms with Crippen LogP contribution in [0.3, 0.4) is 0 Å². The van der Waals surface area contributed by atoms with E-state index in [9.17, 15) is 0 Å². The van der Waals surface area contributed by atoms with Crippen molar-refractivity contribution in [2.75, 3.05) is 13.6 Å². The molecule has 0 aliphatic carbocycles. The molecule has 25 heavy (non-hydrogen) atoms. The maximum absolute atomic E-state index is 4.34. The van der Waals surface area contributed by atoms with E-state index in [1.54, 1.807) is 24.1 Å². The minimum atomic E-state index is 0. The van der Waals surface area contributed by atoms with Crippen LogP contribution >= 0.6 is 24.0 Å². The average molecular weight is 456 g/mol. The molecule has 2 aromatic heterocycles. The first-order chi connectivity index (χ1) is 11.7. The maximum atomic E-state index is 4.34. The van der Waals surface area contributed by atoms with Gasteiger partial charge in [-0.05, 0) is 36.1 Å². The summed E-state index contributed by atoms with van der Waals surface area (Å²) in [5.41, 5.74) is 1.14. The van der Waals surface area contributed by atoms with Gasteiger partial charge in [0.15, 0.2) is 11.8 Å². The molecule has 0 spiro atoms. The Hall–Kier alpha value is -1.64. The van der Waals surface area contributed by atoms with E-state index in [0.717, 1.165) is 36.2 Å². The van der Waals surface area contributed by atoms with Gasteiger partial charge in [0.25, 0.3) is 0 Å². The van der Waals surface area contributed by atoms with E-state index in [4.69, 9.17) is 0 Å². The van der Waals surface area contributed by atoms with Crippen molar-refractivity contribution in [2.45, 2.75) is 39.7 Å². The molecule has 0 unspecified atom stereocenters. The fraction of sp³-hybridized carbons (Fsp3) is 0.500. The Morgan fingerprint density at radius 1 is 1.24 bits per heavy atom. The van der Waals surface area contributed by atoms with E-state index in [1.165, 1.54) is 12.8 Å². The van der Waals surface area contributed by atoms with Gasteiger partial charge in [0.2, 0.25) is 0 Å². The summed E-state index contributed by atoms with van der Waals surface area (Å²) >= 11 is 0. The normalized spacial score (nSPS) is 11.3. The molecule has 0 aliphatic rings. The monoisotopic (exact) mass is 456 g/mol. The quantitative estimate of drug-likeness (QED) is 0.277. The summed E-state index contributed by atoms with van der Waals surface area (Å²) in [4.78, 5) is 8.61. The Kier molecular flexibility index (Phi) is 10.1. The van der Waals surface area contributed by atoms with Crippen LogP contribution in [0.4, 0.5) is 0 Å². The number of rotatable bonds is 8. The lowest BCUT2D eigenvalue weighted by Gasteiger charge is -2.12. The summed E-state index contributed by atoms with van der Waals surface area (Å²) in [5.74, 6) is 2.42. The molecule has 0 aromatic carbocycles. The number of guanidine groups is 1. The van der Waals surface area contributed by atoms with E-state index in [0.29, 0.717) is 6.54 Å². The lowest BCUT2D eigenvalue weighted by Crippen LogP contribution is -2.37. The molecule has 2 heterocycles. The number of nitrogens with zero attached hydrogens (tertiary/aromatic N) is 4. The highest BCUT2D eigenvalue weighted by Gasteiger charge is 2.02. The summed E-state index contributed by atoms with van der Waals surface area (Å²) in [5, 5.41) is 10.9. The van der Waals surface area contributed by atoms with Crippen LogP contribution in [0.1, 0.15) is 38.7 Å². The molecule has 7 heteroatoms. The first kappa shape index (κ1) is 21.4. The molecule has 0 saturated heterocycles. The fourth-order valence-electron chi connectivity index (χ4n) is 2.39. The molecule has 2 aromatic rings. The highest BCUT2D eigenvalue weighted by Crippen LogP contribution is 2.06. The maximum Gasteiger partial charge on any atom is 0.191 e. The number of nitrogens with one attached hydrogen (secondary N) is 2. The second kappa shape index (κ2) is 11.8. The van der Waals surface area contributed by atoms with Gasteiger partial charge in [-0.25, -0.2) is 9.67 Å². The van der Waals surface area contributed by atoms with E-state index in [1.807, 2.05) is 24.4 Å². The zero-order valence-electron chi connectivity index (χ0n) is 15.3. The van der Waals surface area contributed by atoms with Crippen molar-refractivity contribution < 1.29 is 0 Å². The second-order valence-electron chi connectivity index (χ2n) is 6.22. The Balaban J connectivity index is 0.00000312. The third-order valence-corrected chi connectivity index (χ3v) is 3.73. The molecule has 0 aliphatic heterocycles. The van der Waals surface area contributed by atoms with Crippen molar-refractivity contribution in [2.24, 2.45) is 10.9 Å². The van der Waals surface area contributed by atoms with Gasteiger partial charge in [0, 0.05) is 38.7 Å². The lowest BCUT2D eigenvalue weighted by atomic mass is 10.1. The Labute approximate surface area is 167 Å². The number of pyridine rings is 1. The summed E-state index contributed by atoms with van der Waals surface area (Å²) < 4.78 is 1.76. The Morgan fingerprint density at radius 3 is 2.76 bits per heavy atom. The van der Waals surface area contributed by atoms with E-state index >= 15 is 0 Å². The van der Waals surface area contributed by atoms with Crippen LogP contribution in [0, 0.1) is 5.92 Å². The molecule has 0 bridgehead atoms. The van der Waals surface area contributed by atoms with Crippen molar-refractivity contribution >= 4 is 29.9 Å². The molecule has 0 atom stereocenters. The van der Waals surface area contributed by atoms with Gasteiger partial charge in [-0.15, -0.1) is 24.0 Å². The Bertz CT molecular complexity index is 624. The lowest BCUT2D eigenvalue weighted by molar-refractivity contribution is 0.534. The van der Waals surface area contributed by atoms with Gasteiger partial charge >= 0.3 is 0 Å². The number of hydrogen-bond acceptors (Lipinski definition) is 3. The molecule has 0 amide bonds. The largest absolute Gasteiger partial charge is 0.356 e. The SMILES string of the molecule is CN=C(NCCCCC(C)C)NCc1ccnc(-n2cccn2)c1.I. The number of aliphatic imine (C=N–C) groups is 1. The first-order valence-corrected chi connectivity index (χ1v) is 8.58. The molecule has 138 valence electrons. The van der Waals surface area contributed by atoms with Crippen molar-refractivity contribution in [1.82, 2.24) is 25.4 Å². The minimum absolute atomic E-state index is 0. The average Bonchev–Trinajstić information content (AvgIpc) is 3.12. The smallest absolute Gasteiger partial charge is 0.191 e. The van der Waals surface area contributed by atoms with Gasteiger partial charge in [0.1, 0.15) is 0 Å². The molecular weight excluding hydrogens is 427 g/mol. The highest BCUT2D eigenvalue weighted by atomic mass is 127. The molecule has 0 radical (unpaired) electrons. The van der Waals surface area contributed by atoms with Gasteiger partial charge in [0.05, 0.1) is 0 Å². The zero-order valence-corrected chi connectivity index (χ0v) is 17.6. The van der Waals surface area contributed by atoms with Crippen LogP contribution in [0.2, 0.25) is 0 Å². The zero-order chi connectivity index (χ0) is 17.2. The van der Waals surface area contributed by atoms with Crippen LogP contribution in [0.5, 0.6) is 0 Å². The number of aromatic nitrogens is 3. The third kappa shape index (κ3) is 7.85. The van der Waals surface area contributed by atoms with Crippen molar-refractivity contribution in [3.63, 3.8) is 0 Å². The van der Waals surface area contributed by atoms with Crippen molar-refractivity contribution in [3.8, 4) is 5.82 Å². The minimum Gasteiger partial charge on any atom is -0.356 e. The molecule has 2 rings (SSSR count). The molecule has 0 fully saturated rings. The number of unbranched alkanes of at least 4 members (excludes halogenated alkanes) is 1. The second-order valence-corrected chi connectivity index (χ2v) is 6.22. The fourth-order valence-corrected chi connectivity index (χ4v) is 2.39. The first-order valence-electron chi connectivity index (χ1n) is 8.58. The standard InChI is InChI=1S/C18H28N6.HI/c1-15(2)7-4-5-9-21-18(19-3)22-14-16-8-11-20-17(13-16)24-12-6-10-23-24;/h6,8,10-13,15H,4-5,7,9,14H2,1-3H3,(H2,19,21,22);1H. The predicted molar refractivity (Wildman–Crippen MR) is 114 cm³/mol. The summed E-state index contributed by atoms with van der Waals surface area (Å²) in [6.45, 7) is 6.17. The van der Waals surface area contributed by atoms with Crippen molar-refractivity contribution in [1.29, 1.82) is 0 Å². The summed E-state index contributed by atoms with van der Waals surface area (Å²) in [6.07, 6.45) is 9.13. The van der Waals surface area contributed by atoms with E-state index in [2.05, 4.69) is 39.6 Å². The molecular formula is C18H29IN6. The number of halogens is 1. The molecule has 2 N–H and O–H groups in total. The van der Waals surface area contributed by atoms with Crippen LogP contribution in [0.25, 0.3) is 5.82 Å². The number of hydrogen-bond donors (Lipinski definition) is 2.